The monoisotopic (exact) mass is 349 g/mol. The smallest absolute Gasteiger partial charge is 0.320 e. The number of carbonyl (C=O) groups is 1. The summed E-state index contributed by atoms with van der Waals surface area (Å²) in [7, 11) is 0. The lowest BCUT2D eigenvalue weighted by atomic mass is 10.1. The van der Waals surface area contributed by atoms with Crippen molar-refractivity contribution in [1.29, 1.82) is 0 Å². The molecule has 2 fully saturated rings. The van der Waals surface area contributed by atoms with Crippen molar-refractivity contribution in [1.82, 2.24) is 24.3 Å². The van der Waals surface area contributed by atoms with Crippen molar-refractivity contribution in [2.45, 2.75) is 13.1 Å². The Labute approximate surface area is 148 Å². The van der Waals surface area contributed by atoms with Gasteiger partial charge in [0.25, 0.3) is 0 Å². The fraction of sp³-hybridized carbons (Fsp3) is 0.765. The molecule has 8 heteroatoms. The zero-order valence-electron chi connectivity index (χ0n) is 14.7. The summed E-state index contributed by atoms with van der Waals surface area (Å²) >= 11 is 0. The molecule has 2 saturated heterocycles. The molecule has 0 aromatic carbocycles. The van der Waals surface area contributed by atoms with Gasteiger partial charge in [-0.15, -0.1) is 0 Å². The van der Waals surface area contributed by atoms with Crippen LogP contribution in [0.3, 0.4) is 0 Å². The molecule has 1 aromatic heterocycles. The Morgan fingerprint density at radius 2 is 1.76 bits per heavy atom. The van der Waals surface area contributed by atoms with Gasteiger partial charge in [0, 0.05) is 64.1 Å². The number of imidazole rings is 1. The second-order valence-corrected chi connectivity index (χ2v) is 7.04. The number of hydrogen-bond acceptors (Lipinski definition) is 5. The average Bonchev–Trinajstić information content (AvgIpc) is 3.01. The van der Waals surface area contributed by atoms with E-state index >= 15 is 0 Å². The minimum Gasteiger partial charge on any atom is -0.379 e. The number of carbonyl (C=O) groups excluding carboxylic acids is 1. The highest BCUT2D eigenvalue weighted by Gasteiger charge is 2.30. The zero-order valence-corrected chi connectivity index (χ0v) is 14.7. The van der Waals surface area contributed by atoms with Crippen LogP contribution in [-0.4, -0.2) is 96.0 Å². The molecule has 0 radical (unpaired) electrons. The molecule has 3 aliphatic heterocycles. The SMILES string of the molecule is O=C(N1CCOCC1)N1Cc2nccn2CC(CN2CCOCC2)C1. The molecule has 4 rings (SSSR count). The Morgan fingerprint density at radius 1 is 1.04 bits per heavy atom. The third-order valence-corrected chi connectivity index (χ3v) is 5.24. The maximum atomic E-state index is 13.0. The summed E-state index contributed by atoms with van der Waals surface area (Å²) < 4.78 is 13.0. The second-order valence-electron chi connectivity index (χ2n) is 7.04. The van der Waals surface area contributed by atoms with Gasteiger partial charge in [-0.1, -0.05) is 0 Å². The molecule has 0 saturated carbocycles. The van der Waals surface area contributed by atoms with Crippen LogP contribution >= 0.6 is 0 Å². The van der Waals surface area contributed by atoms with E-state index in [2.05, 4.69) is 14.5 Å². The van der Waals surface area contributed by atoms with Gasteiger partial charge >= 0.3 is 6.03 Å². The minimum atomic E-state index is 0.117. The average molecular weight is 349 g/mol. The van der Waals surface area contributed by atoms with Crippen molar-refractivity contribution >= 4 is 6.03 Å². The fourth-order valence-corrected chi connectivity index (χ4v) is 3.91. The normalized spacial score (nSPS) is 25.5. The molecule has 3 aliphatic rings. The van der Waals surface area contributed by atoms with Crippen molar-refractivity contribution in [3.63, 3.8) is 0 Å². The summed E-state index contributed by atoms with van der Waals surface area (Å²) in [5.41, 5.74) is 0. The van der Waals surface area contributed by atoms with Crippen LogP contribution in [0.1, 0.15) is 5.82 Å². The van der Waals surface area contributed by atoms with Crippen molar-refractivity contribution < 1.29 is 14.3 Å². The number of hydrogen-bond donors (Lipinski definition) is 0. The molecule has 8 nitrogen and oxygen atoms in total. The summed E-state index contributed by atoms with van der Waals surface area (Å²) in [5.74, 6) is 1.38. The Hall–Kier alpha value is -1.64. The number of amides is 2. The van der Waals surface area contributed by atoms with Gasteiger partial charge in [-0.3, -0.25) is 4.90 Å². The standard InChI is InChI=1S/C17H27N5O3/c23-17(20-5-9-25-10-6-20)22-13-15(11-19-3-7-24-8-4-19)12-21-2-1-18-16(21)14-22/h1-2,15H,3-14H2. The zero-order chi connectivity index (χ0) is 17.1. The van der Waals surface area contributed by atoms with Gasteiger partial charge in [0.2, 0.25) is 0 Å². The Bertz CT molecular complexity index is 581. The van der Waals surface area contributed by atoms with Crippen molar-refractivity contribution in [3.05, 3.63) is 18.2 Å². The highest BCUT2D eigenvalue weighted by molar-refractivity contribution is 5.74. The topological polar surface area (TPSA) is 63.1 Å². The van der Waals surface area contributed by atoms with Gasteiger partial charge in [-0.05, 0) is 0 Å². The van der Waals surface area contributed by atoms with Crippen LogP contribution in [0.15, 0.2) is 12.4 Å². The third kappa shape index (κ3) is 3.96. The van der Waals surface area contributed by atoms with E-state index < -0.39 is 0 Å². The van der Waals surface area contributed by atoms with Crippen LogP contribution in [0.25, 0.3) is 0 Å². The van der Waals surface area contributed by atoms with E-state index in [0.717, 1.165) is 51.8 Å². The molecule has 138 valence electrons. The Kier molecular flexibility index (Phi) is 5.19. The van der Waals surface area contributed by atoms with E-state index in [1.165, 1.54) is 0 Å². The molecule has 0 N–H and O–H groups in total. The Balaban J connectivity index is 1.47. The number of ether oxygens (including phenoxy) is 2. The van der Waals surface area contributed by atoms with E-state index in [9.17, 15) is 4.79 Å². The second kappa shape index (κ2) is 7.72. The predicted molar refractivity (Wildman–Crippen MR) is 91.2 cm³/mol. The first-order chi connectivity index (χ1) is 12.3. The number of morpholine rings is 2. The van der Waals surface area contributed by atoms with Crippen molar-refractivity contribution in [2.24, 2.45) is 5.92 Å². The first-order valence-electron chi connectivity index (χ1n) is 9.21. The van der Waals surface area contributed by atoms with Gasteiger partial charge in [0.05, 0.1) is 33.0 Å². The summed E-state index contributed by atoms with van der Waals surface area (Å²) in [6, 6.07) is 0.117. The summed E-state index contributed by atoms with van der Waals surface area (Å²) in [5, 5.41) is 0. The van der Waals surface area contributed by atoms with Crippen LogP contribution in [0.2, 0.25) is 0 Å². The first kappa shape index (κ1) is 16.8. The number of aromatic nitrogens is 2. The van der Waals surface area contributed by atoms with Crippen LogP contribution in [-0.2, 0) is 22.6 Å². The lowest BCUT2D eigenvalue weighted by Gasteiger charge is -2.35. The Morgan fingerprint density at radius 3 is 2.52 bits per heavy atom. The summed E-state index contributed by atoms with van der Waals surface area (Å²) in [6.45, 7) is 9.45. The summed E-state index contributed by atoms with van der Waals surface area (Å²) in [6.07, 6.45) is 3.87. The fourth-order valence-electron chi connectivity index (χ4n) is 3.91. The van der Waals surface area contributed by atoms with E-state index in [0.29, 0.717) is 38.8 Å². The molecule has 1 atom stereocenters. The van der Waals surface area contributed by atoms with E-state index in [1.807, 2.05) is 22.2 Å². The maximum Gasteiger partial charge on any atom is 0.320 e. The van der Waals surface area contributed by atoms with Crippen molar-refractivity contribution in [2.75, 3.05) is 65.7 Å². The summed E-state index contributed by atoms with van der Waals surface area (Å²) in [4.78, 5) is 23.8. The molecule has 4 heterocycles. The largest absolute Gasteiger partial charge is 0.379 e. The van der Waals surface area contributed by atoms with Gasteiger partial charge < -0.3 is 23.8 Å². The van der Waals surface area contributed by atoms with Crippen LogP contribution in [0.5, 0.6) is 0 Å². The highest BCUT2D eigenvalue weighted by Crippen LogP contribution is 2.19. The first-order valence-corrected chi connectivity index (χ1v) is 9.21. The third-order valence-electron chi connectivity index (χ3n) is 5.24. The van der Waals surface area contributed by atoms with Crippen LogP contribution in [0, 0.1) is 5.92 Å². The molecule has 1 aromatic rings. The lowest BCUT2D eigenvalue weighted by Crippen LogP contribution is -2.50. The molecule has 25 heavy (non-hydrogen) atoms. The van der Waals surface area contributed by atoms with Crippen LogP contribution in [0.4, 0.5) is 4.79 Å². The number of nitrogens with zero attached hydrogens (tertiary/aromatic N) is 5. The van der Waals surface area contributed by atoms with E-state index in [1.54, 1.807) is 0 Å². The quantitative estimate of drug-likeness (QED) is 0.758. The van der Waals surface area contributed by atoms with Crippen LogP contribution < -0.4 is 0 Å². The number of fused-ring (bicyclic) bond motifs is 1. The molecular weight excluding hydrogens is 322 g/mol. The van der Waals surface area contributed by atoms with Gasteiger partial charge in [-0.2, -0.15) is 0 Å². The minimum absolute atomic E-state index is 0.117. The molecular formula is C17H27N5O3. The maximum absolute atomic E-state index is 13.0. The molecule has 0 spiro atoms. The molecule has 2 amide bonds. The highest BCUT2D eigenvalue weighted by atomic mass is 16.5. The van der Waals surface area contributed by atoms with E-state index in [4.69, 9.17) is 9.47 Å². The lowest BCUT2D eigenvalue weighted by molar-refractivity contribution is 0.0245. The predicted octanol–water partition coefficient (Wildman–Crippen LogP) is 0.0993. The molecule has 0 bridgehead atoms. The number of rotatable bonds is 2. The molecule has 0 aliphatic carbocycles. The van der Waals surface area contributed by atoms with E-state index in [-0.39, 0.29) is 6.03 Å². The number of urea groups is 1. The van der Waals surface area contributed by atoms with Gasteiger partial charge in [0.15, 0.2) is 0 Å². The van der Waals surface area contributed by atoms with Gasteiger partial charge in [-0.25, -0.2) is 9.78 Å². The molecule has 1 unspecified atom stereocenters. The van der Waals surface area contributed by atoms with Gasteiger partial charge in [0.1, 0.15) is 5.82 Å². The van der Waals surface area contributed by atoms with Crippen molar-refractivity contribution in [3.8, 4) is 0 Å².